The number of hydrogen-bond acceptors (Lipinski definition) is 6. The van der Waals surface area contributed by atoms with Crippen molar-refractivity contribution in [3.8, 4) is 79.5 Å². The van der Waals surface area contributed by atoms with Crippen molar-refractivity contribution in [2.75, 3.05) is 0 Å². The van der Waals surface area contributed by atoms with Crippen molar-refractivity contribution >= 4 is 0 Å². The van der Waals surface area contributed by atoms with Gasteiger partial charge in [0.05, 0.1) is 0 Å². The summed E-state index contributed by atoms with van der Waals surface area (Å²) < 4.78 is 0. The predicted molar refractivity (Wildman–Crippen MR) is 196 cm³/mol. The molecule has 0 saturated carbocycles. The molecule has 2 aromatic heterocycles. The molecule has 2 heterocycles. The fourth-order valence-electron chi connectivity index (χ4n) is 5.77. The fourth-order valence-corrected chi connectivity index (χ4v) is 5.77. The molecule has 0 aliphatic carbocycles. The summed E-state index contributed by atoms with van der Waals surface area (Å²) in [5, 5.41) is 0. The first-order valence-corrected chi connectivity index (χ1v) is 16.1. The Labute approximate surface area is 285 Å². The normalized spacial score (nSPS) is 11.0. The van der Waals surface area contributed by atoms with E-state index in [1.165, 1.54) is 0 Å². The highest BCUT2D eigenvalue weighted by molar-refractivity contribution is 5.78. The largest absolute Gasteiger partial charge is 0.208 e. The molecule has 0 bridgehead atoms. The van der Waals surface area contributed by atoms with E-state index in [0.29, 0.717) is 34.9 Å². The Morgan fingerprint density at radius 1 is 0.265 bits per heavy atom. The number of aryl methyl sites for hydroxylation is 1. The Hall–Kier alpha value is -6.66. The van der Waals surface area contributed by atoms with Gasteiger partial charge in [0.2, 0.25) is 0 Å². The monoisotopic (exact) mass is 630 g/mol. The van der Waals surface area contributed by atoms with Crippen LogP contribution < -0.4 is 0 Å². The van der Waals surface area contributed by atoms with Crippen molar-refractivity contribution in [2.24, 2.45) is 0 Å². The van der Waals surface area contributed by atoms with Crippen molar-refractivity contribution in [3.05, 3.63) is 169 Å². The maximum Gasteiger partial charge on any atom is 0.164 e. The van der Waals surface area contributed by atoms with E-state index < -0.39 is 0 Å². The Balaban J connectivity index is 1.23. The molecule has 6 nitrogen and oxygen atoms in total. The molecule has 0 unspecified atom stereocenters. The van der Waals surface area contributed by atoms with Crippen LogP contribution in [0.3, 0.4) is 0 Å². The Bertz CT molecular complexity index is 2260. The maximum absolute atomic E-state index is 4.96. The zero-order chi connectivity index (χ0) is 33.0. The van der Waals surface area contributed by atoms with Crippen LogP contribution in [0.15, 0.2) is 164 Å². The van der Waals surface area contributed by atoms with Gasteiger partial charge in [-0.3, -0.25) is 0 Å². The summed E-state index contributed by atoms with van der Waals surface area (Å²) in [5.74, 6) is 3.75. The van der Waals surface area contributed by atoms with E-state index in [4.69, 9.17) is 29.9 Å². The van der Waals surface area contributed by atoms with Crippen LogP contribution in [0.5, 0.6) is 0 Å². The van der Waals surface area contributed by atoms with Crippen LogP contribution >= 0.6 is 0 Å². The molecule has 0 N–H and O–H groups in total. The zero-order valence-electron chi connectivity index (χ0n) is 26.8. The van der Waals surface area contributed by atoms with Crippen molar-refractivity contribution < 1.29 is 0 Å². The van der Waals surface area contributed by atoms with Gasteiger partial charge >= 0.3 is 0 Å². The molecule has 0 spiro atoms. The van der Waals surface area contributed by atoms with Gasteiger partial charge in [0.1, 0.15) is 0 Å². The average molecular weight is 631 g/mol. The van der Waals surface area contributed by atoms with Crippen molar-refractivity contribution in [3.63, 3.8) is 0 Å². The second-order valence-corrected chi connectivity index (χ2v) is 11.7. The lowest BCUT2D eigenvalue weighted by molar-refractivity contribution is 1.07. The van der Waals surface area contributed by atoms with Gasteiger partial charge in [0.15, 0.2) is 34.9 Å². The molecular weight excluding hydrogens is 601 g/mol. The standard InChI is InChI=1S/C43H30N6/c1-29-25-26-36(43-48-40(32-19-10-4-11-20-32)45-41(49-43)33-21-12-5-13-22-33)28-37(29)34-23-14-24-35(27-34)42-46-38(30-15-6-2-7-16-30)44-39(47-42)31-17-8-3-9-18-31/h2-28H,1H3. The smallest absolute Gasteiger partial charge is 0.164 e. The second-order valence-electron chi connectivity index (χ2n) is 11.7. The first-order valence-electron chi connectivity index (χ1n) is 16.1. The highest BCUT2D eigenvalue weighted by Gasteiger charge is 2.16. The van der Waals surface area contributed by atoms with Gasteiger partial charge < -0.3 is 0 Å². The van der Waals surface area contributed by atoms with Crippen molar-refractivity contribution in [1.29, 1.82) is 0 Å². The maximum atomic E-state index is 4.96. The molecular formula is C43H30N6. The molecule has 0 aliphatic heterocycles. The van der Waals surface area contributed by atoms with E-state index in [1.807, 2.05) is 127 Å². The van der Waals surface area contributed by atoms with Crippen molar-refractivity contribution in [2.45, 2.75) is 6.92 Å². The third kappa shape index (κ3) is 6.35. The number of rotatable bonds is 7. The van der Waals surface area contributed by atoms with Crippen molar-refractivity contribution in [1.82, 2.24) is 29.9 Å². The van der Waals surface area contributed by atoms with Crippen LogP contribution in [0.25, 0.3) is 79.5 Å². The van der Waals surface area contributed by atoms with E-state index in [9.17, 15) is 0 Å². The molecule has 0 amide bonds. The van der Waals surface area contributed by atoms with Gasteiger partial charge in [0.25, 0.3) is 0 Å². The molecule has 8 aromatic rings. The summed E-state index contributed by atoms with van der Waals surface area (Å²) in [6.45, 7) is 2.12. The summed E-state index contributed by atoms with van der Waals surface area (Å²) in [7, 11) is 0. The number of aromatic nitrogens is 6. The minimum atomic E-state index is 0.612. The molecule has 232 valence electrons. The zero-order valence-corrected chi connectivity index (χ0v) is 26.8. The van der Waals surface area contributed by atoms with Gasteiger partial charge in [-0.25, -0.2) is 29.9 Å². The molecule has 0 radical (unpaired) electrons. The van der Waals surface area contributed by atoms with Gasteiger partial charge in [-0.05, 0) is 35.7 Å². The first-order chi connectivity index (χ1) is 24.2. The highest BCUT2D eigenvalue weighted by Crippen LogP contribution is 2.33. The molecule has 6 heteroatoms. The molecule has 0 atom stereocenters. The third-order valence-electron chi connectivity index (χ3n) is 8.33. The van der Waals surface area contributed by atoms with Crippen LogP contribution in [0.2, 0.25) is 0 Å². The summed E-state index contributed by atoms with van der Waals surface area (Å²) in [4.78, 5) is 29.5. The topological polar surface area (TPSA) is 77.3 Å². The van der Waals surface area contributed by atoms with E-state index in [2.05, 4.69) is 43.3 Å². The van der Waals surface area contributed by atoms with Crippen LogP contribution in [-0.2, 0) is 0 Å². The minimum Gasteiger partial charge on any atom is -0.208 e. The lowest BCUT2D eigenvalue weighted by atomic mass is 9.96. The number of nitrogens with zero attached hydrogens (tertiary/aromatic N) is 6. The highest BCUT2D eigenvalue weighted by atomic mass is 15.0. The predicted octanol–water partition coefficient (Wildman–Crippen LogP) is 10.0. The Morgan fingerprint density at radius 2 is 0.571 bits per heavy atom. The SMILES string of the molecule is Cc1ccc(-c2nc(-c3ccccc3)nc(-c3ccccc3)n2)cc1-c1cccc(-c2nc(-c3ccccc3)nc(-c3ccccc3)n2)c1. The summed E-state index contributed by atoms with van der Waals surface area (Å²) in [6.07, 6.45) is 0. The summed E-state index contributed by atoms with van der Waals surface area (Å²) >= 11 is 0. The number of benzene rings is 6. The lowest BCUT2D eigenvalue weighted by Gasteiger charge is -2.13. The van der Waals surface area contributed by atoms with Gasteiger partial charge in [0, 0.05) is 33.4 Å². The Morgan fingerprint density at radius 3 is 0.959 bits per heavy atom. The van der Waals surface area contributed by atoms with Gasteiger partial charge in [-0.1, -0.05) is 152 Å². The quantitative estimate of drug-likeness (QED) is 0.174. The van der Waals surface area contributed by atoms with E-state index >= 15 is 0 Å². The van der Waals surface area contributed by atoms with Gasteiger partial charge in [-0.15, -0.1) is 0 Å². The molecule has 6 aromatic carbocycles. The van der Waals surface area contributed by atoms with Crippen LogP contribution in [0.4, 0.5) is 0 Å². The van der Waals surface area contributed by atoms with E-state index in [1.54, 1.807) is 0 Å². The van der Waals surface area contributed by atoms with Gasteiger partial charge in [-0.2, -0.15) is 0 Å². The van der Waals surface area contributed by atoms with E-state index in [-0.39, 0.29) is 0 Å². The average Bonchev–Trinajstić information content (AvgIpc) is 3.19. The number of hydrogen-bond donors (Lipinski definition) is 0. The van der Waals surface area contributed by atoms with Crippen LogP contribution in [0, 0.1) is 6.92 Å². The van der Waals surface area contributed by atoms with Crippen LogP contribution in [0.1, 0.15) is 5.56 Å². The van der Waals surface area contributed by atoms with Crippen LogP contribution in [-0.4, -0.2) is 29.9 Å². The fraction of sp³-hybridized carbons (Fsp3) is 0.0233. The summed E-state index contributed by atoms with van der Waals surface area (Å²) in [6, 6.07) is 54.8. The third-order valence-corrected chi connectivity index (χ3v) is 8.33. The molecule has 49 heavy (non-hydrogen) atoms. The molecule has 0 fully saturated rings. The first kappa shape index (κ1) is 29.7. The lowest BCUT2D eigenvalue weighted by Crippen LogP contribution is -2.01. The molecule has 0 aliphatic rings. The minimum absolute atomic E-state index is 0.612. The Kier molecular flexibility index (Phi) is 8.02. The molecule has 0 saturated heterocycles. The molecule has 8 rings (SSSR count). The van der Waals surface area contributed by atoms with E-state index in [0.717, 1.165) is 50.1 Å². The summed E-state index contributed by atoms with van der Waals surface area (Å²) in [5.41, 5.74) is 8.79. The second kappa shape index (κ2) is 13.2.